The number of rotatable bonds is 3. The second-order valence-corrected chi connectivity index (χ2v) is 5.42. The van der Waals surface area contributed by atoms with Crippen LogP contribution in [-0.2, 0) is 4.79 Å². The molecule has 0 aromatic heterocycles. The molecule has 1 heterocycles. The third-order valence-electron chi connectivity index (χ3n) is 1.46. The molecule has 0 spiro atoms. The van der Waals surface area contributed by atoms with Crippen LogP contribution in [0.15, 0.2) is 0 Å². The van der Waals surface area contributed by atoms with Gasteiger partial charge in [-0.25, -0.2) is 0 Å². The minimum atomic E-state index is -0.263. The number of amides is 1. The van der Waals surface area contributed by atoms with Crippen molar-refractivity contribution in [1.82, 2.24) is 4.90 Å². The van der Waals surface area contributed by atoms with Gasteiger partial charge in [0.2, 0.25) is 5.91 Å². The van der Waals surface area contributed by atoms with Crippen LogP contribution in [-0.4, -0.2) is 34.0 Å². The quantitative estimate of drug-likeness (QED) is 0.566. The summed E-state index contributed by atoms with van der Waals surface area (Å²) >= 11 is 5.10. The molecule has 0 radical (unpaired) electrons. The first-order valence-corrected chi connectivity index (χ1v) is 6.29. The number of hydrogen-bond donors (Lipinski definition) is 1. The molecule has 12 heavy (non-hydrogen) atoms. The van der Waals surface area contributed by atoms with Gasteiger partial charge in [-0.05, 0) is 10.8 Å². The average Bonchev–Trinajstić information content (AvgIpc) is 2.03. The van der Waals surface area contributed by atoms with E-state index in [0.717, 1.165) is 16.6 Å². The van der Waals surface area contributed by atoms with Gasteiger partial charge in [-0.15, -0.1) is 0 Å². The number of carbonyl (C=O) groups excluding carboxylic acids is 1. The largest absolute Gasteiger partial charge is 0.370 e. The van der Waals surface area contributed by atoms with Crippen molar-refractivity contribution in [3.05, 3.63) is 0 Å². The van der Waals surface area contributed by atoms with E-state index in [9.17, 15) is 4.79 Å². The summed E-state index contributed by atoms with van der Waals surface area (Å²) < 4.78 is 0.868. The lowest BCUT2D eigenvalue weighted by Gasteiger charge is -2.27. The van der Waals surface area contributed by atoms with Crippen LogP contribution in [0.4, 0.5) is 0 Å². The maximum atomic E-state index is 10.5. The lowest BCUT2D eigenvalue weighted by molar-refractivity contribution is -0.118. The monoisotopic (exact) mass is 222 g/mol. The molecule has 68 valence electrons. The highest BCUT2D eigenvalue weighted by atomic mass is 33.1. The number of hydrogen-bond acceptors (Lipinski definition) is 4. The molecule has 0 atom stereocenters. The van der Waals surface area contributed by atoms with E-state index < -0.39 is 0 Å². The predicted octanol–water partition coefficient (Wildman–Crippen LogP) is 0.844. The number of nitrogens with two attached hydrogens (primary N) is 1. The van der Waals surface area contributed by atoms with E-state index in [0.29, 0.717) is 13.0 Å². The zero-order valence-electron chi connectivity index (χ0n) is 6.49. The third kappa shape index (κ3) is 3.20. The fourth-order valence-electron chi connectivity index (χ4n) is 0.832. The second kappa shape index (κ2) is 4.94. The van der Waals surface area contributed by atoms with Crippen LogP contribution in [0.1, 0.15) is 6.42 Å². The molecule has 0 bridgehead atoms. The topological polar surface area (TPSA) is 46.3 Å². The maximum absolute atomic E-state index is 10.5. The molecule has 1 amide bonds. The fourth-order valence-corrected chi connectivity index (χ4v) is 3.31. The minimum absolute atomic E-state index is 0.263. The van der Waals surface area contributed by atoms with Gasteiger partial charge in [0.05, 0.1) is 0 Å². The summed E-state index contributed by atoms with van der Waals surface area (Å²) in [6.45, 7) is 1.60. The van der Waals surface area contributed by atoms with E-state index in [1.165, 1.54) is 0 Å². The highest BCUT2D eigenvalue weighted by Crippen LogP contribution is 2.29. The van der Waals surface area contributed by atoms with Crippen molar-refractivity contribution in [1.29, 1.82) is 0 Å². The Bertz CT molecular complexity index is 197. The summed E-state index contributed by atoms with van der Waals surface area (Å²) in [6, 6.07) is 0. The Kier molecular flexibility index (Phi) is 4.17. The first-order chi connectivity index (χ1) is 5.70. The molecule has 1 saturated heterocycles. The Hall–Kier alpha value is 0.0600. The lowest BCUT2D eigenvalue weighted by atomic mass is 10.4. The molecule has 1 rings (SSSR count). The molecule has 0 aliphatic carbocycles. The van der Waals surface area contributed by atoms with Crippen molar-refractivity contribution in [3.8, 4) is 0 Å². The maximum Gasteiger partial charge on any atom is 0.219 e. The predicted molar refractivity (Wildman–Crippen MR) is 58.0 cm³/mol. The molecule has 0 unspecified atom stereocenters. The molecule has 6 heteroatoms. The van der Waals surface area contributed by atoms with Gasteiger partial charge in [0.1, 0.15) is 4.32 Å². The van der Waals surface area contributed by atoms with E-state index in [-0.39, 0.29) is 5.91 Å². The van der Waals surface area contributed by atoms with Crippen molar-refractivity contribution in [2.75, 3.05) is 18.8 Å². The Balaban J connectivity index is 2.29. The fraction of sp³-hybridized carbons (Fsp3) is 0.667. The highest BCUT2D eigenvalue weighted by molar-refractivity contribution is 8.83. The van der Waals surface area contributed by atoms with Crippen molar-refractivity contribution in [3.63, 3.8) is 0 Å². The standard InChI is InChI=1S/C6H10N2OS3/c7-5(9)1-2-8-3-4-11-12-6(8)10/h1-4H2,(H2,7,9). The van der Waals surface area contributed by atoms with Gasteiger partial charge in [-0.1, -0.05) is 23.0 Å². The number of primary amides is 1. The average molecular weight is 222 g/mol. The zero-order chi connectivity index (χ0) is 8.97. The van der Waals surface area contributed by atoms with Gasteiger partial charge < -0.3 is 10.6 Å². The van der Waals surface area contributed by atoms with Crippen LogP contribution in [0.5, 0.6) is 0 Å². The molecular formula is C6H10N2OS3. The minimum Gasteiger partial charge on any atom is -0.370 e. The second-order valence-electron chi connectivity index (χ2n) is 2.37. The van der Waals surface area contributed by atoms with Crippen LogP contribution < -0.4 is 5.73 Å². The first-order valence-electron chi connectivity index (χ1n) is 3.57. The lowest BCUT2D eigenvalue weighted by Crippen LogP contribution is -2.34. The Morgan fingerprint density at radius 3 is 3.08 bits per heavy atom. The smallest absolute Gasteiger partial charge is 0.219 e. The van der Waals surface area contributed by atoms with Gasteiger partial charge in [-0.3, -0.25) is 4.79 Å². The number of thiocarbonyl (C=S) groups is 1. The van der Waals surface area contributed by atoms with E-state index in [1.54, 1.807) is 21.6 Å². The van der Waals surface area contributed by atoms with Crippen molar-refractivity contribution < 1.29 is 4.79 Å². The van der Waals surface area contributed by atoms with Crippen LogP contribution in [0, 0.1) is 0 Å². The summed E-state index contributed by atoms with van der Waals surface area (Å²) in [7, 11) is 3.36. The van der Waals surface area contributed by atoms with Gasteiger partial charge in [0.15, 0.2) is 0 Å². The number of nitrogens with zero attached hydrogens (tertiary/aromatic N) is 1. The van der Waals surface area contributed by atoms with Crippen LogP contribution in [0.2, 0.25) is 0 Å². The highest BCUT2D eigenvalue weighted by Gasteiger charge is 2.15. The van der Waals surface area contributed by atoms with E-state index in [2.05, 4.69) is 0 Å². The third-order valence-corrected chi connectivity index (χ3v) is 4.48. The summed E-state index contributed by atoms with van der Waals surface area (Å²) in [4.78, 5) is 12.5. The summed E-state index contributed by atoms with van der Waals surface area (Å²) in [5.41, 5.74) is 5.03. The normalized spacial score (nSPS) is 18.0. The van der Waals surface area contributed by atoms with Crippen molar-refractivity contribution in [2.24, 2.45) is 5.73 Å². The van der Waals surface area contributed by atoms with E-state index >= 15 is 0 Å². The van der Waals surface area contributed by atoms with E-state index in [1.807, 2.05) is 4.90 Å². The molecule has 1 aliphatic rings. The van der Waals surface area contributed by atoms with Crippen LogP contribution in [0.25, 0.3) is 0 Å². The molecule has 2 N–H and O–H groups in total. The Morgan fingerprint density at radius 1 is 1.75 bits per heavy atom. The molecule has 0 aromatic carbocycles. The van der Waals surface area contributed by atoms with Gasteiger partial charge in [0, 0.05) is 25.3 Å². The Labute approximate surface area is 84.8 Å². The van der Waals surface area contributed by atoms with Gasteiger partial charge in [-0.2, -0.15) is 0 Å². The summed E-state index contributed by atoms with van der Waals surface area (Å²) in [5, 5.41) is 0. The molecule has 1 aliphatic heterocycles. The van der Waals surface area contributed by atoms with Crippen molar-refractivity contribution in [2.45, 2.75) is 6.42 Å². The molecular weight excluding hydrogens is 212 g/mol. The molecule has 0 saturated carbocycles. The summed E-state index contributed by atoms with van der Waals surface area (Å²) in [5.74, 6) is 0.796. The van der Waals surface area contributed by atoms with E-state index in [4.69, 9.17) is 18.0 Å². The summed E-state index contributed by atoms with van der Waals surface area (Å²) in [6.07, 6.45) is 0.394. The molecule has 3 nitrogen and oxygen atoms in total. The SMILES string of the molecule is NC(=O)CCN1CCSSC1=S. The molecule has 0 aromatic rings. The van der Waals surface area contributed by atoms with Crippen LogP contribution in [0.3, 0.4) is 0 Å². The van der Waals surface area contributed by atoms with Crippen LogP contribution >= 0.6 is 33.8 Å². The van der Waals surface area contributed by atoms with Gasteiger partial charge >= 0.3 is 0 Å². The first kappa shape index (κ1) is 10.1. The zero-order valence-corrected chi connectivity index (χ0v) is 8.94. The van der Waals surface area contributed by atoms with Crippen molar-refractivity contribution >= 4 is 44.0 Å². The van der Waals surface area contributed by atoms with Gasteiger partial charge in [0.25, 0.3) is 0 Å². The number of carbonyl (C=O) groups is 1. The Morgan fingerprint density at radius 2 is 2.50 bits per heavy atom. The molecule has 1 fully saturated rings.